The summed E-state index contributed by atoms with van der Waals surface area (Å²) in [4.78, 5) is 16.4. The molecule has 8 nitrogen and oxygen atoms in total. The summed E-state index contributed by atoms with van der Waals surface area (Å²) in [5, 5.41) is 17.9. The number of pyridine rings is 1. The first-order valence-corrected chi connectivity index (χ1v) is 7.75. The lowest BCUT2D eigenvalue weighted by Gasteiger charge is -2.15. The molecular weight excluding hydrogens is 316 g/mol. The van der Waals surface area contributed by atoms with Crippen LogP contribution < -0.4 is 10.1 Å². The topological polar surface area (TPSA) is 94.8 Å². The third-order valence-electron chi connectivity index (χ3n) is 3.22. The van der Waals surface area contributed by atoms with Crippen molar-refractivity contribution in [3.63, 3.8) is 0 Å². The molecule has 0 aliphatic heterocycles. The molecular formula is C14H14N6O2S. The van der Waals surface area contributed by atoms with E-state index in [0.29, 0.717) is 11.6 Å². The normalized spacial score (nSPS) is 11.9. The van der Waals surface area contributed by atoms with Crippen molar-refractivity contribution < 1.29 is 9.53 Å². The number of nitrogens with zero attached hydrogens (tertiary/aromatic N) is 5. The Morgan fingerprint density at radius 3 is 2.96 bits per heavy atom. The number of amides is 1. The molecule has 0 spiro atoms. The van der Waals surface area contributed by atoms with E-state index in [4.69, 9.17) is 4.74 Å². The predicted octanol–water partition coefficient (Wildman–Crippen LogP) is 1.76. The van der Waals surface area contributed by atoms with Crippen molar-refractivity contribution in [1.29, 1.82) is 0 Å². The Morgan fingerprint density at radius 1 is 1.43 bits per heavy atom. The minimum absolute atomic E-state index is 0.149. The zero-order valence-corrected chi connectivity index (χ0v) is 13.1. The van der Waals surface area contributed by atoms with Gasteiger partial charge in [0.05, 0.1) is 31.5 Å². The zero-order chi connectivity index (χ0) is 16.1. The lowest BCUT2D eigenvalue weighted by Crippen LogP contribution is -2.20. The van der Waals surface area contributed by atoms with Gasteiger partial charge in [0, 0.05) is 6.07 Å². The summed E-state index contributed by atoms with van der Waals surface area (Å²) < 4.78 is 6.57. The Balaban J connectivity index is 1.71. The second-order valence-corrected chi connectivity index (χ2v) is 5.48. The van der Waals surface area contributed by atoms with Crippen LogP contribution in [0.3, 0.4) is 0 Å². The first-order chi connectivity index (χ1) is 11.3. The van der Waals surface area contributed by atoms with Gasteiger partial charge >= 0.3 is 0 Å². The van der Waals surface area contributed by atoms with Crippen LogP contribution >= 0.6 is 11.3 Å². The van der Waals surface area contributed by atoms with Crippen LogP contribution in [0.15, 0.2) is 41.5 Å². The maximum Gasteiger partial charge on any atom is 0.226 e. The van der Waals surface area contributed by atoms with Gasteiger partial charge in [0.2, 0.25) is 11.8 Å². The number of hydrogen-bond acceptors (Lipinski definition) is 7. The molecule has 3 heterocycles. The molecule has 1 N–H and O–H groups in total. The van der Waals surface area contributed by atoms with Crippen molar-refractivity contribution in [1.82, 2.24) is 25.2 Å². The van der Waals surface area contributed by atoms with E-state index in [1.54, 1.807) is 34.3 Å². The maximum atomic E-state index is 12.3. The summed E-state index contributed by atoms with van der Waals surface area (Å²) in [5.74, 6) is 0.344. The number of thiophene rings is 1. The van der Waals surface area contributed by atoms with Gasteiger partial charge in [0.25, 0.3) is 0 Å². The van der Waals surface area contributed by atoms with E-state index in [1.807, 2.05) is 16.8 Å². The van der Waals surface area contributed by atoms with Crippen LogP contribution in [0.5, 0.6) is 5.88 Å². The second-order valence-electron chi connectivity index (χ2n) is 4.70. The molecule has 3 aromatic heterocycles. The van der Waals surface area contributed by atoms with Gasteiger partial charge in [0.1, 0.15) is 6.33 Å². The van der Waals surface area contributed by atoms with Crippen molar-refractivity contribution in [3.8, 4) is 5.88 Å². The molecule has 0 fully saturated rings. The molecule has 1 atom stereocenters. The zero-order valence-electron chi connectivity index (χ0n) is 12.3. The molecule has 0 bridgehead atoms. The molecule has 0 aliphatic carbocycles. The van der Waals surface area contributed by atoms with Crippen LogP contribution in [0.2, 0.25) is 0 Å². The Morgan fingerprint density at radius 2 is 2.35 bits per heavy atom. The van der Waals surface area contributed by atoms with Gasteiger partial charge in [-0.05, 0) is 38.9 Å². The van der Waals surface area contributed by atoms with Gasteiger partial charge in [-0.15, -0.1) is 5.10 Å². The molecule has 3 rings (SSSR count). The fourth-order valence-electron chi connectivity index (χ4n) is 2.10. The summed E-state index contributed by atoms with van der Waals surface area (Å²) >= 11 is 1.56. The SMILES string of the molecule is COc1ccc(NC(=O)C[C@H](c2ccsc2)n2cnnn2)cn1. The summed E-state index contributed by atoms with van der Waals surface area (Å²) in [6, 6.07) is 5.13. The molecule has 118 valence electrons. The van der Waals surface area contributed by atoms with E-state index in [1.165, 1.54) is 13.4 Å². The summed E-state index contributed by atoms with van der Waals surface area (Å²) in [5.41, 5.74) is 1.60. The number of carbonyl (C=O) groups excluding carboxylic acids is 1. The number of anilines is 1. The highest BCUT2D eigenvalue weighted by Gasteiger charge is 2.19. The Kier molecular flexibility index (Phi) is 4.57. The maximum absolute atomic E-state index is 12.3. The molecule has 0 radical (unpaired) electrons. The molecule has 0 saturated carbocycles. The van der Waals surface area contributed by atoms with Crippen molar-refractivity contribution in [3.05, 3.63) is 47.0 Å². The highest BCUT2D eigenvalue weighted by molar-refractivity contribution is 7.08. The molecule has 0 unspecified atom stereocenters. The minimum atomic E-state index is -0.248. The van der Waals surface area contributed by atoms with Crippen LogP contribution in [0, 0.1) is 0 Å². The van der Waals surface area contributed by atoms with E-state index in [9.17, 15) is 4.79 Å². The molecule has 0 saturated heterocycles. The van der Waals surface area contributed by atoms with Crippen LogP contribution in [-0.2, 0) is 4.79 Å². The molecule has 23 heavy (non-hydrogen) atoms. The van der Waals surface area contributed by atoms with Crippen molar-refractivity contribution in [2.75, 3.05) is 12.4 Å². The second kappa shape index (κ2) is 6.97. The largest absolute Gasteiger partial charge is 0.481 e. The summed E-state index contributed by atoms with van der Waals surface area (Å²) in [6.07, 6.45) is 3.27. The van der Waals surface area contributed by atoms with Gasteiger partial charge < -0.3 is 10.1 Å². The number of rotatable bonds is 6. The number of ether oxygens (including phenoxy) is 1. The van der Waals surface area contributed by atoms with Gasteiger partial charge in [0.15, 0.2) is 0 Å². The fourth-order valence-corrected chi connectivity index (χ4v) is 2.81. The van der Waals surface area contributed by atoms with Crippen molar-refractivity contribution >= 4 is 22.9 Å². The van der Waals surface area contributed by atoms with Crippen molar-refractivity contribution in [2.45, 2.75) is 12.5 Å². The molecule has 0 aliphatic rings. The first-order valence-electron chi connectivity index (χ1n) is 6.80. The number of nitrogens with one attached hydrogen (secondary N) is 1. The van der Waals surface area contributed by atoms with Crippen molar-refractivity contribution in [2.24, 2.45) is 0 Å². The fraction of sp³-hybridized carbons (Fsp3) is 0.214. The van der Waals surface area contributed by atoms with Gasteiger partial charge in [-0.3, -0.25) is 4.79 Å². The summed E-state index contributed by atoms with van der Waals surface area (Å²) in [6.45, 7) is 0. The Labute approximate surface area is 136 Å². The number of hydrogen-bond donors (Lipinski definition) is 1. The molecule has 0 aromatic carbocycles. The average molecular weight is 330 g/mol. The monoisotopic (exact) mass is 330 g/mol. The third kappa shape index (κ3) is 3.69. The van der Waals surface area contributed by atoms with E-state index < -0.39 is 0 Å². The predicted molar refractivity (Wildman–Crippen MR) is 84.3 cm³/mol. The quantitative estimate of drug-likeness (QED) is 0.740. The van der Waals surface area contributed by atoms with Gasteiger partial charge in [-0.25, -0.2) is 9.67 Å². The molecule has 9 heteroatoms. The standard InChI is InChI=1S/C14H14N6O2S/c1-22-14-3-2-11(7-15-14)17-13(21)6-12(10-4-5-23-8-10)20-9-16-18-19-20/h2-5,7-9,12H,6H2,1H3,(H,17,21)/t12-/m1/s1. The van der Waals surface area contributed by atoms with Crippen LogP contribution in [0.4, 0.5) is 5.69 Å². The van der Waals surface area contributed by atoms with Gasteiger partial charge in [-0.2, -0.15) is 11.3 Å². The van der Waals surface area contributed by atoms with Crippen LogP contribution in [0.25, 0.3) is 0 Å². The Hall–Kier alpha value is -2.81. The van der Waals surface area contributed by atoms with E-state index in [2.05, 4.69) is 25.8 Å². The van der Waals surface area contributed by atoms with E-state index >= 15 is 0 Å². The number of tetrazole rings is 1. The van der Waals surface area contributed by atoms with E-state index in [-0.39, 0.29) is 18.4 Å². The average Bonchev–Trinajstić information content (AvgIpc) is 3.27. The number of aromatic nitrogens is 5. The van der Waals surface area contributed by atoms with Crippen LogP contribution in [0.1, 0.15) is 18.0 Å². The Bertz CT molecular complexity index is 708. The summed E-state index contributed by atoms with van der Waals surface area (Å²) in [7, 11) is 1.54. The highest BCUT2D eigenvalue weighted by Crippen LogP contribution is 2.23. The van der Waals surface area contributed by atoms with Crippen LogP contribution in [-0.4, -0.2) is 38.2 Å². The smallest absolute Gasteiger partial charge is 0.226 e. The minimum Gasteiger partial charge on any atom is -0.481 e. The van der Waals surface area contributed by atoms with E-state index in [0.717, 1.165) is 5.56 Å². The number of carbonyl (C=O) groups is 1. The lowest BCUT2D eigenvalue weighted by molar-refractivity contribution is -0.116. The highest BCUT2D eigenvalue weighted by atomic mass is 32.1. The van der Waals surface area contributed by atoms with Gasteiger partial charge in [-0.1, -0.05) is 0 Å². The number of methoxy groups -OCH3 is 1. The first kappa shape index (κ1) is 15.1. The molecule has 1 amide bonds. The third-order valence-corrected chi connectivity index (χ3v) is 3.92. The lowest BCUT2D eigenvalue weighted by atomic mass is 10.1. The molecule has 3 aromatic rings.